The van der Waals surface area contributed by atoms with E-state index in [1.165, 1.54) is 11.3 Å². The van der Waals surface area contributed by atoms with E-state index in [-0.39, 0.29) is 11.8 Å². The number of amides is 2. The molecule has 1 unspecified atom stereocenters. The Balaban J connectivity index is 1.34. The van der Waals surface area contributed by atoms with Crippen LogP contribution in [0.25, 0.3) is 0 Å². The predicted molar refractivity (Wildman–Crippen MR) is 136 cm³/mol. The molecule has 0 radical (unpaired) electrons. The van der Waals surface area contributed by atoms with Gasteiger partial charge in [0.15, 0.2) is 0 Å². The molecule has 4 N–H and O–H groups in total. The number of fused-ring (bicyclic) bond motifs is 1. The number of piperazine rings is 1. The molecule has 10 nitrogen and oxygen atoms in total. The lowest BCUT2D eigenvalue weighted by Crippen LogP contribution is -2.65. The van der Waals surface area contributed by atoms with Crippen molar-refractivity contribution in [2.24, 2.45) is 0 Å². The second-order valence-corrected chi connectivity index (χ2v) is 9.88. The third kappa shape index (κ3) is 4.59. The van der Waals surface area contributed by atoms with E-state index in [0.29, 0.717) is 24.3 Å². The van der Waals surface area contributed by atoms with Crippen LogP contribution in [0.15, 0.2) is 47.5 Å². The molecular formula is C24H31N7O3S. The van der Waals surface area contributed by atoms with Crippen molar-refractivity contribution < 1.29 is 14.3 Å². The van der Waals surface area contributed by atoms with E-state index in [0.717, 1.165) is 49.0 Å². The van der Waals surface area contributed by atoms with Gasteiger partial charge in [0.1, 0.15) is 5.00 Å². The molecule has 1 aromatic heterocycles. The number of methoxy groups -OCH3 is 1. The average molecular weight is 498 g/mol. The van der Waals surface area contributed by atoms with Crippen LogP contribution in [0, 0.1) is 0 Å². The van der Waals surface area contributed by atoms with Crippen LogP contribution in [-0.4, -0.2) is 75.2 Å². The summed E-state index contributed by atoms with van der Waals surface area (Å²) in [7, 11) is 3.75. The number of carbonyl (C=O) groups is 2. The Morgan fingerprint density at radius 2 is 1.89 bits per heavy atom. The zero-order valence-corrected chi connectivity index (χ0v) is 20.8. The normalized spacial score (nSPS) is 21.9. The molecule has 1 atom stereocenters. The highest BCUT2D eigenvalue weighted by molar-refractivity contribution is 7.14. The average Bonchev–Trinajstić information content (AvgIpc) is 3.59. The summed E-state index contributed by atoms with van der Waals surface area (Å²) in [5.41, 5.74) is 10.7. The van der Waals surface area contributed by atoms with Crippen molar-refractivity contribution in [3.63, 3.8) is 0 Å². The maximum Gasteiger partial charge on any atom is 0.285 e. The van der Waals surface area contributed by atoms with Crippen LogP contribution in [0.3, 0.4) is 0 Å². The lowest BCUT2D eigenvalue weighted by Gasteiger charge is -2.34. The predicted octanol–water partition coefficient (Wildman–Crippen LogP) is 1.28. The number of nitrogens with zero attached hydrogens (tertiary/aromatic N) is 3. The topological polar surface area (TPSA) is 101 Å². The molecule has 2 aromatic rings. The van der Waals surface area contributed by atoms with E-state index in [4.69, 9.17) is 4.74 Å². The van der Waals surface area contributed by atoms with Crippen LogP contribution in [0.2, 0.25) is 0 Å². The van der Waals surface area contributed by atoms with E-state index < -0.39 is 5.66 Å². The first kappa shape index (κ1) is 23.6. The van der Waals surface area contributed by atoms with E-state index >= 15 is 0 Å². The van der Waals surface area contributed by atoms with Gasteiger partial charge in [-0.1, -0.05) is 6.08 Å². The number of carbonyl (C=O) groups excluding carboxylic acids is 2. The van der Waals surface area contributed by atoms with Crippen LogP contribution < -0.4 is 26.5 Å². The molecule has 35 heavy (non-hydrogen) atoms. The summed E-state index contributed by atoms with van der Waals surface area (Å²) < 4.78 is 5.25. The second-order valence-electron chi connectivity index (χ2n) is 8.96. The summed E-state index contributed by atoms with van der Waals surface area (Å²) in [4.78, 5) is 31.6. The second kappa shape index (κ2) is 9.86. The molecule has 0 aliphatic carbocycles. The monoisotopic (exact) mass is 497 g/mol. The summed E-state index contributed by atoms with van der Waals surface area (Å²) >= 11 is 1.47. The molecule has 5 rings (SSSR count). The Labute approximate surface area is 208 Å². The van der Waals surface area contributed by atoms with Crippen LogP contribution in [0.5, 0.6) is 0 Å². The maximum absolute atomic E-state index is 13.6. The molecule has 4 heterocycles. The Kier molecular flexibility index (Phi) is 6.65. The molecule has 1 saturated heterocycles. The smallest absolute Gasteiger partial charge is 0.285 e. The van der Waals surface area contributed by atoms with Crippen molar-refractivity contribution in [1.29, 1.82) is 0 Å². The van der Waals surface area contributed by atoms with E-state index in [2.05, 4.69) is 38.4 Å². The molecule has 186 valence electrons. The quantitative estimate of drug-likeness (QED) is 0.454. The van der Waals surface area contributed by atoms with Gasteiger partial charge in [0.25, 0.3) is 11.8 Å². The Hall–Kier alpha value is -3.12. The SMILES string of the molecule is COCC1=CCCN1NC(=O)C1(NC(=O)c2ccc(N3CCN(C)CC3)cc2)NNc2sccc21. The van der Waals surface area contributed by atoms with E-state index in [9.17, 15) is 9.59 Å². The van der Waals surface area contributed by atoms with Crippen molar-refractivity contribution in [3.8, 4) is 0 Å². The summed E-state index contributed by atoms with van der Waals surface area (Å²) in [5, 5.41) is 7.42. The number of hydrazine groups is 2. The minimum Gasteiger partial charge on any atom is -0.378 e. The number of nitrogens with one attached hydrogen (secondary N) is 4. The summed E-state index contributed by atoms with van der Waals surface area (Å²) in [6.07, 6.45) is 2.85. The van der Waals surface area contributed by atoms with E-state index in [1.807, 2.05) is 41.8 Å². The van der Waals surface area contributed by atoms with Gasteiger partial charge < -0.3 is 25.3 Å². The van der Waals surface area contributed by atoms with Crippen molar-refractivity contribution in [2.45, 2.75) is 12.1 Å². The standard InChI is InChI=1S/C24H31N7O3S/c1-29-11-13-30(14-12-29)18-7-5-17(6-8-18)21(32)25-24(20-9-15-35-22(20)26-28-24)23(33)27-31-10-3-4-19(31)16-34-2/h4-9,15,26,28H,3,10-14,16H2,1-2H3,(H,25,32)(H,27,33). The summed E-state index contributed by atoms with van der Waals surface area (Å²) in [6.45, 7) is 4.98. The van der Waals surface area contributed by atoms with Crippen molar-refractivity contribution in [2.75, 3.05) is 63.8 Å². The number of anilines is 2. The van der Waals surface area contributed by atoms with Crippen LogP contribution in [0.1, 0.15) is 22.3 Å². The van der Waals surface area contributed by atoms with Crippen LogP contribution in [-0.2, 0) is 15.2 Å². The molecule has 1 fully saturated rings. The molecule has 0 bridgehead atoms. The number of thiophene rings is 1. The molecule has 3 aliphatic rings. The molecule has 1 aromatic carbocycles. The lowest BCUT2D eigenvalue weighted by atomic mass is 10.0. The highest BCUT2D eigenvalue weighted by Gasteiger charge is 2.49. The molecule has 2 amide bonds. The molecule has 0 spiro atoms. The molecule has 0 saturated carbocycles. The van der Waals surface area contributed by atoms with Gasteiger partial charge >= 0.3 is 0 Å². The number of hydrogen-bond donors (Lipinski definition) is 4. The van der Waals surface area contributed by atoms with Gasteiger partial charge in [-0.3, -0.25) is 20.0 Å². The van der Waals surface area contributed by atoms with Crippen LogP contribution >= 0.6 is 11.3 Å². The Morgan fingerprint density at radius 3 is 2.63 bits per heavy atom. The van der Waals surface area contributed by atoms with Gasteiger partial charge in [0.05, 0.1) is 12.3 Å². The fraction of sp³-hybridized carbons (Fsp3) is 0.417. The number of ether oxygens (including phenoxy) is 1. The van der Waals surface area contributed by atoms with Gasteiger partial charge in [0, 0.05) is 56.6 Å². The maximum atomic E-state index is 13.6. The number of likely N-dealkylation sites (N-methyl/N-ethyl adjacent to an activating group) is 1. The fourth-order valence-electron chi connectivity index (χ4n) is 4.62. The minimum atomic E-state index is -1.46. The van der Waals surface area contributed by atoms with Crippen molar-refractivity contribution in [1.82, 2.24) is 26.1 Å². The van der Waals surface area contributed by atoms with Crippen molar-refractivity contribution >= 4 is 33.8 Å². The van der Waals surface area contributed by atoms with Gasteiger partial charge in [0.2, 0.25) is 5.66 Å². The van der Waals surface area contributed by atoms with Gasteiger partial charge in [-0.2, -0.15) is 5.43 Å². The molecule has 3 aliphatic heterocycles. The van der Waals surface area contributed by atoms with Crippen LogP contribution in [0.4, 0.5) is 10.7 Å². The lowest BCUT2D eigenvalue weighted by molar-refractivity contribution is -0.133. The molecular weight excluding hydrogens is 466 g/mol. The Bertz CT molecular complexity index is 1110. The zero-order chi connectivity index (χ0) is 24.4. The highest BCUT2D eigenvalue weighted by atomic mass is 32.1. The first-order chi connectivity index (χ1) is 17.0. The van der Waals surface area contributed by atoms with Gasteiger partial charge in [-0.15, -0.1) is 11.3 Å². The third-order valence-electron chi connectivity index (χ3n) is 6.68. The number of rotatable bonds is 7. The first-order valence-electron chi connectivity index (χ1n) is 11.7. The molecule has 11 heteroatoms. The summed E-state index contributed by atoms with van der Waals surface area (Å²) in [6, 6.07) is 9.40. The van der Waals surface area contributed by atoms with Gasteiger partial charge in [-0.05, 0) is 49.2 Å². The zero-order valence-electron chi connectivity index (χ0n) is 20.0. The van der Waals surface area contributed by atoms with E-state index in [1.54, 1.807) is 12.1 Å². The third-order valence-corrected chi connectivity index (χ3v) is 7.51. The Morgan fingerprint density at radius 1 is 1.11 bits per heavy atom. The fourth-order valence-corrected chi connectivity index (χ4v) is 5.42. The highest BCUT2D eigenvalue weighted by Crippen LogP contribution is 2.37. The summed E-state index contributed by atoms with van der Waals surface area (Å²) in [5.74, 6) is -0.721. The number of hydrogen-bond acceptors (Lipinski definition) is 9. The minimum absolute atomic E-state index is 0.340. The van der Waals surface area contributed by atoms with Crippen molar-refractivity contribution in [3.05, 3.63) is 58.6 Å². The first-order valence-corrected chi connectivity index (χ1v) is 12.6. The number of benzene rings is 1. The largest absolute Gasteiger partial charge is 0.378 e. The van der Waals surface area contributed by atoms with Gasteiger partial charge in [-0.25, -0.2) is 0 Å².